The summed E-state index contributed by atoms with van der Waals surface area (Å²) < 4.78 is 0. The summed E-state index contributed by atoms with van der Waals surface area (Å²) in [6.07, 6.45) is 2.40. The number of carboxylic acids is 1. The first-order valence-electron chi connectivity index (χ1n) is 6.70. The van der Waals surface area contributed by atoms with Crippen LogP contribution in [0.5, 0.6) is 0 Å². The van der Waals surface area contributed by atoms with Crippen molar-refractivity contribution in [2.45, 2.75) is 31.6 Å². The van der Waals surface area contributed by atoms with Gasteiger partial charge < -0.3 is 10.0 Å². The number of rotatable bonds is 3. The highest BCUT2D eigenvalue weighted by atomic mass is 16.4. The van der Waals surface area contributed by atoms with Crippen molar-refractivity contribution < 1.29 is 9.90 Å². The van der Waals surface area contributed by atoms with Crippen LogP contribution in [0, 0.1) is 0 Å². The fourth-order valence-corrected chi connectivity index (χ4v) is 2.89. The minimum atomic E-state index is -0.689. The molecule has 1 heterocycles. The van der Waals surface area contributed by atoms with Crippen LogP contribution in [-0.4, -0.2) is 35.6 Å². The molecule has 98 valence electrons. The quantitative estimate of drug-likeness (QED) is 0.892. The van der Waals surface area contributed by atoms with Crippen LogP contribution in [0.3, 0.4) is 0 Å². The topological polar surface area (TPSA) is 40.5 Å². The Labute approximate surface area is 108 Å². The molecule has 1 aliphatic rings. The average molecular weight is 247 g/mol. The highest BCUT2D eigenvalue weighted by Crippen LogP contribution is 2.35. The highest BCUT2D eigenvalue weighted by molar-refractivity contribution is 5.81. The molecule has 0 bridgehead atoms. The first-order chi connectivity index (χ1) is 8.69. The molecule has 18 heavy (non-hydrogen) atoms. The zero-order valence-electron chi connectivity index (χ0n) is 10.9. The molecule has 1 N–H and O–H groups in total. The lowest BCUT2D eigenvalue weighted by Gasteiger charge is -2.28. The van der Waals surface area contributed by atoms with Crippen LogP contribution in [0.25, 0.3) is 0 Å². The number of likely N-dealkylation sites (tertiary alicyclic amines) is 1. The van der Waals surface area contributed by atoms with Gasteiger partial charge in [-0.15, -0.1) is 0 Å². The van der Waals surface area contributed by atoms with Crippen molar-refractivity contribution in [3.63, 3.8) is 0 Å². The van der Waals surface area contributed by atoms with E-state index in [1.54, 1.807) is 0 Å². The molecular formula is C15H21NO2. The lowest BCUT2D eigenvalue weighted by atomic mass is 9.74. The van der Waals surface area contributed by atoms with Crippen LogP contribution in [0.15, 0.2) is 30.3 Å². The summed E-state index contributed by atoms with van der Waals surface area (Å²) in [5, 5.41) is 9.71. The van der Waals surface area contributed by atoms with Gasteiger partial charge in [0.1, 0.15) is 0 Å². The molecule has 3 nitrogen and oxygen atoms in total. The smallest absolute Gasteiger partial charge is 0.314 e. The second kappa shape index (κ2) is 5.53. The predicted octanol–water partition coefficient (Wildman–Crippen LogP) is 2.51. The van der Waals surface area contributed by atoms with Gasteiger partial charge in [-0.25, -0.2) is 0 Å². The van der Waals surface area contributed by atoms with Crippen LogP contribution >= 0.6 is 0 Å². The molecule has 0 amide bonds. The van der Waals surface area contributed by atoms with E-state index in [9.17, 15) is 9.90 Å². The van der Waals surface area contributed by atoms with E-state index in [1.807, 2.05) is 30.3 Å². The standard InChI is InChI=1S/C15H21NO2/c1-2-16-11-6-9-15(10-12-16,14(17)18)13-7-4-3-5-8-13/h3-5,7-8H,2,6,9-12H2,1H3,(H,17,18)/t15-/m1/s1. The second-order valence-corrected chi connectivity index (χ2v) is 5.04. The SMILES string of the molecule is CCN1CCC[C@](C(=O)O)(c2ccccc2)CC1. The van der Waals surface area contributed by atoms with Gasteiger partial charge in [0, 0.05) is 0 Å². The Morgan fingerprint density at radius 1 is 1.28 bits per heavy atom. The molecule has 0 radical (unpaired) electrons. The van der Waals surface area contributed by atoms with E-state index in [2.05, 4.69) is 11.8 Å². The third-order valence-electron chi connectivity index (χ3n) is 4.12. The molecule has 1 saturated heterocycles. The molecule has 0 unspecified atom stereocenters. The van der Waals surface area contributed by atoms with Crippen molar-refractivity contribution >= 4 is 5.97 Å². The van der Waals surface area contributed by atoms with Crippen LogP contribution in [0.2, 0.25) is 0 Å². The number of benzene rings is 1. The lowest BCUT2D eigenvalue weighted by molar-refractivity contribution is -0.144. The van der Waals surface area contributed by atoms with Gasteiger partial charge in [-0.1, -0.05) is 37.3 Å². The Bertz CT molecular complexity index is 404. The van der Waals surface area contributed by atoms with Crippen molar-refractivity contribution in [1.29, 1.82) is 0 Å². The number of carboxylic acid groups (broad SMARTS) is 1. The Morgan fingerprint density at radius 3 is 2.61 bits per heavy atom. The average Bonchev–Trinajstić information content (AvgIpc) is 2.63. The normalized spacial score (nSPS) is 25.6. The van der Waals surface area contributed by atoms with Gasteiger partial charge >= 0.3 is 5.97 Å². The third-order valence-corrected chi connectivity index (χ3v) is 4.12. The molecule has 1 atom stereocenters. The summed E-state index contributed by atoms with van der Waals surface area (Å²) in [5.74, 6) is -0.674. The van der Waals surface area contributed by atoms with E-state index < -0.39 is 11.4 Å². The van der Waals surface area contributed by atoms with Gasteiger partial charge in [-0.3, -0.25) is 4.79 Å². The van der Waals surface area contributed by atoms with E-state index in [-0.39, 0.29) is 0 Å². The van der Waals surface area contributed by atoms with Gasteiger partial charge in [-0.2, -0.15) is 0 Å². The molecule has 1 aromatic carbocycles. The predicted molar refractivity (Wildman–Crippen MR) is 71.7 cm³/mol. The summed E-state index contributed by atoms with van der Waals surface area (Å²) in [7, 11) is 0. The van der Waals surface area contributed by atoms with Crippen LogP contribution < -0.4 is 0 Å². The maximum absolute atomic E-state index is 11.8. The van der Waals surface area contributed by atoms with Crippen molar-refractivity contribution in [1.82, 2.24) is 4.90 Å². The summed E-state index contributed by atoms with van der Waals surface area (Å²) in [6.45, 7) is 5.02. The van der Waals surface area contributed by atoms with Crippen molar-refractivity contribution in [3.8, 4) is 0 Å². The molecule has 2 rings (SSSR count). The molecule has 3 heteroatoms. The number of hydrogen-bond acceptors (Lipinski definition) is 2. The van der Waals surface area contributed by atoms with E-state index in [0.29, 0.717) is 6.42 Å². The molecule has 1 aliphatic heterocycles. The van der Waals surface area contributed by atoms with Gasteiger partial charge in [-0.05, 0) is 44.5 Å². The summed E-state index contributed by atoms with van der Waals surface area (Å²) in [6, 6.07) is 9.71. The van der Waals surface area contributed by atoms with Gasteiger partial charge in [0.2, 0.25) is 0 Å². The van der Waals surface area contributed by atoms with E-state index in [0.717, 1.165) is 38.0 Å². The summed E-state index contributed by atoms with van der Waals surface area (Å²) in [4.78, 5) is 14.1. The zero-order valence-corrected chi connectivity index (χ0v) is 10.9. The molecule has 1 fully saturated rings. The van der Waals surface area contributed by atoms with Crippen LogP contribution in [0.1, 0.15) is 31.7 Å². The third kappa shape index (κ3) is 2.41. The Kier molecular flexibility index (Phi) is 4.02. The monoisotopic (exact) mass is 247 g/mol. The molecule has 0 spiro atoms. The van der Waals surface area contributed by atoms with Crippen LogP contribution in [-0.2, 0) is 10.2 Å². The minimum absolute atomic E-state index is 0.674. The maximum Gasteiger partial charge on any atom is 0.314 e. The Balaban J connectivity index is 2.31. The van der Waals surface area contributed by atoms with Crippen molar-refractivity contribution in [3.05, 3.63) is 35.9 Å². The lowest BCUT2D eigenvalue weighted by Crippen LogP contribution is -2.37. The number of nitrogens with zero attached hydrogens (tertiary/aromatic N) is 1. The number of hydrogen-bond donors (Lipinski definition) is 1. The second-order valence-electron chi connectivity index (χ2n) is 5.04. The molecule has 0 aromatic heterocycles. The van der Waals surface area contributed by atoms with Crippen LogP contribution in [0.4, 0.5) is 0 Å². The summed E-state index contributed by atoms with van der Waals surface area (Å²) >= 11 is 0. The molecule has 1 aromatic rings. The summed E-state index contributed by atoms with van der Waals surface area (Å²) in [5.41, 5.74) is 0.265. The van der Waals surface area contributed by atoms with Gasteiger partial charge in [0.05, 0.1) is 5.41 Å². The zero-order chi connectivity index (χ0) is 13.0. The van der Waals surface area contributed by atoms with Crippen molar-refractivity contribution in [2.24, 2.45) is 0 Å². The van der Waals surface area contributed by atoms with Crippen molar-refractivity contribution in [2.75, 3.05) is 19.6 Å². The number of carbonyl (C=O) groups is 1. The Hall–Kier alpha value is -1.35. The molecule has 0 saturated carbocycles. The first kappa shape index (κ1) is 13.1. The Morgan fingerprint density at radius 2 is 2.00 bits per heavy atom. The highest BCUT2D eigenvalue weighted by Gasteiger charge is 2.41. The molecule has 0 aliphatic carbocycles. The minimum Gasteiger partial charge on any atom is -0.481 e. The fourth-order valence-electron chi connectivity index (χ4n) is 2.89. The maximum atomic E-state index is 11.8. The van der Waals surface area contributed by atoms with E-state index in [4.69, 9.17) is 0 Å². The first-order valence-corrected chi connectivity index (χ1v) is 6.70. The molecular weight excluding hydrogens is 226 g/mol. The van der Waals surface area contributed by atoms with E-state index in [1.165, 1.54) is 0 Å². The fraction of sp³-hybridized carbons (Fsp3) is 0.533. The largest absolute Gasteiger partial charge is 0.481 e. The van der Waals surface area contributed by atoms with Gasteiger partial charge in [0.15, 0.2) is 0 Å². The number of aliphatic carboxylic acids is 1. The van der Waals surface area contributed by atoms with E-state index >= 15 is 0 Å². The van der Waals surface area contributed by atoms with Gasteiger partial charge in [0.25, 0.3) is 0 Å².